The highest BCUT2D eigenvalue weighted by molar-refractivity contribution is 7.10. The SMILES string of the molecule is O=C(Cc1cccs1)N/N=C\c1ccccc1C(=O)O. The number of rotatable bonds is 5. The Balaban J connectivity index is 1.96. The number of hydrogen-bond acceptors (Lipinski definition) is 4. The van der Waals surface area contributed by atoms with Crippen LogP contribution >= 0.6 is 11.3 Å². The monoisotopic (exact) mass is 288 g/mol. The van der Waals surface area contributed by atoms with Crippen LogP contribution in [0.5, 0.6) is 0 Å². The lowest BCUT2D eigenvalue weighted by atomic mass is 10.1. The topological polar surface area (TPSA) is 78.8 Å². The predicted octanol–water partition coefficient (Wildman–Crippen LogP) is 2.14. The molecule has 0 bridgehead atoms. The summed E-state index contributed by atoms with van der Waals surface area (Å²) in [6.07, 6.45) is 1.59. The molecule has 1 amide bonds. The van der Waals surface area contributed by atoms with Crippen LogP contribution < -0.4 is 5.43 Å². The summed E-state index contributed by atoms with van der Waals surface area (Å²) in [7, 11) is 0. The first kappa shape index (κ1) is 14.0. The van der Waals surface area contributed by atoms with E-state index in [1.807, 2.05) is 17.5 Å². The van der Waals surface area contributed by atoms with Crippen molar-refractivity contribution in [2.24, 2.45) is 5.10 Å². The van der Waals surface area contributed by atoms with Gasteiger partial charge in [-0.2, -0.15) is 5.10 Å². The molecule has 20 heavy (non-hydrogen) atoms. The molecular formula is C14H12N2O3S. The van der Waals surface area contributed by atoms with E-state index in [-0.39, 0.29) is 17.9 Å². The smallest absolute Gasteiger partial charge is 0.336 e. The summed E-state index contributed by atoms with van der Waals surface area (Å²) in [5.74, 6) is -1.27. The minimum absolute atomic E-state index is 0.142. The predicted molar refractivity (Wildman–Crippen MR) is 77.2 cm³/mol. The Morgan fingerprint density at radius 2 is 2.05 bits per heavy atom. The van der Waals surface area contributed by atoms with Gasteiger partial charge in [0.1, 0.15) is 0 Å². The molecule has 0 aliphatic heterocycles. The van der Waals surface area contributed by atoms with Crippen LogP contribution in [-0.4, -0.2) is 23.2 Å². The Morgan fingerprint density at radius 1 is 1.25 bits per heavy atom. The number of carbonyl (C=O) groups excluding carboxylic acids is 1. The zero-order chi connectivity index (χ0) is 14.4. The summed E-state index contributed by atoms with van der Waals surface area (Å²) in [6.45, 7) is 0. The third-order valence-corrected chi connectivity index (χ3v) is 3.38. The molecule has 5 nitrogen and oxygen atoms in total. The Kier molecular flexibility index (Phi) is 4.62. The van der Waals surface area contributed by atoms with Crippen molar-refractivity contribution in [2.75, 3.05) is 0 Å². The van der Waals surface area contributed by atoms with E-state index in [4.69, 9.17) is 5.11 Å². The van der Waals surface area contributed by atoms with Gasteiger partial charge in [-0.05, 0) is 17.5 Å². The lowest BCUT2D eigenvalue weighted by Crippen LogP contribution is -2.19. The van der Waals surface area contributed by atoms with Gasteiger partial charge in [0.05, 0.1) is 18.2 Å². The van der Waals surface area contributed by atoms with E-state index in [1.54, 1.807) is 18.2 Å². The highest BCUT2D eigenvalue weighted by Gasteiger charge is 2.07. The molecular weight excluding hydrogens is 276 g/mol. The highest BCUT2D eigenvalue weighted by atomic mass is 32.1. The average Bonchev–Trinajstić information content (AvgIpc) is 2.92. The summed E-state index contributed by atoms with van der Waals surface area (Å²) >= 11 is 1.50. The number of hydrogen-bond donors (Lipinski definition) is 2. The number of nitrogens with zero attached hydrogens (tertiary/aromatic N) is 1. The number of thiophene rings is 1. The Hall–Kier alpha value is -2.47. The zero-order valence-corrected chi connectivity index (χ0v) is 11.3. The van der Waals surface area contributed by atoms with Crippen molar-refractivity contribution in [3.05, 3.63) is 57.8 Å². The van der Waals surface area contributed by atoms with Crippen LogP contribution in [-0.2, 0) is 11.2 Å². The fourth-order valence-corrected chi connectivity index (χ4v) is 2.29. The molecule has 2 rings (SSSR count). The molecule has 6 heteroatoms. The molecule has 0 fully saturated rings. The number of aromatic carboxylic acids is 1. The third kappa shape index (κ3) is 3.76. The van der Waals surface area contributed by atoms with Crippen molar-refractivity contribution in [3.8, 4) is 0 Å². The second-order valence-corrected chi connectivity index (χ2v) is 4.97. The van der Waals surface area contributed by atoms with Crippen molar-refractivity contribution >= 4 is 29.4 Å². The number of carboxylic acid groups (broad SMARTS) is 1. The van der Waals surface area contributed by atoms with Gasteiger partial charge >= 0.3 is 5.97 Å². The quantitative estimate of drug-likeness (QED) is 0.653. The van der Waals surface area contributed by atoms with Gasteiger partial charge < -0.3 is 5.11 Å². The number of benzene rings is 1. The molecule has 0 aliphatic rings. The van der Waals surface area contributed by atoms with Crippen molar-refractivity contribution in [1.29, 1.82) is 0 Å². The molecule has 2 N–H and O–H groups in total. The van der Waals surface area contributed by atoms with E-state index in [1.165, 1.54) is 23.6 Å². The van der Waals surface area contributed by atoms with Crippen LogP contribution in [0.4, 0.5) is 0 Å². The molecule has 1 aromatic carbocycles. The van der Waals surface area contributed by atoms with Crippen LogP contribution in [0.15, 0.2) is 46.9 Å². The maximum Gasteiger partial charge on any atom is 0.336 e. The second kappa shape index (κ2) is 6.63. The van der Waals surface area contributed by atoms with Gasteiger partial charge in [-0.15, -0.1) is 11.3 Å². The van der Waals surface area contributed by atoms with Gasteiger partial charge in [0, 0.05) is 10.4 Å². The van der Waals surface area contributed by atoms with Crippen molar-refractivity contribution in [1.82, 2.24) is 5.43 Å². The summed E-state index contributed by atoms with van der Waals surface area (Å²) in [6, 6.07) is 10.2. The Morgan fingerprint density at radius 3 is 2.75 bits per heavy atom. The van der Waals surface area contributed by atoms with Gasteiger partial charge in [-0.1, -0.05) is 24.3 Å². The molecule has 0 saturated heterocycles. The van der Waals surface area contributed by atoms with Gasteiger partial charge in [-0.3, -0.25) is 4.79 Å². The van der Waals surface area contributed by atoms with E-state index >= 15 is 0 Å². The fourth-order valence-electron chi connectivity index (χ4n) is 1.59. The van der Waals surface area contributed by atoms with E-state index < -0.39 is 5.97 Å². The highest BCUT2D eigenvalue weighted by Crippen LogP contribution is 2.09. The molecule has 2 aromatic rings. The average molecular weight is 288 g/mol. The Bertz CT molecular complexity index is 636. The van der Waals surface area contributed by atoms with Gasteiger partial charge in [0.15, 0.2) is 0 Å². The normalized spacial score (nSPS) is 10.6. The Labute approximate surface area is 119 Å². The first-order chi connectivity index (χ1) is 9.66. The van der Waals surface area contributed by atoms with Crippen LogP contribution in [0.2, 0.25) is 0 Å². The summed E-state index contributed by atoms with van der Waals surface area (Å²) in [5, 5.41) is 14.7. The van der Waals surface area contributed by atoms with Gasteiger partial charge in [-0.25, -0.2) is 10.2 Å². The lowest BCUT2D eigenvalue weighted by molar-refractivity contribution is -0.120. The third-order valence-electron chi connectivity index (χ3n) is 2.50. The first-order valence-corrected chi connectivity index (χ1v) is 6.71. The van der Waals surface area contributed by atoms with Crippen LogP contribution in [0, 0.1) is 0 Å². The number of nitrogens with one attached hydrogen (secondary N) is 1. The molecule has 0 saturated carbocycles. The lowest BCUT2D eigenvalue weighted by Gasteiger charge is -2.00. The number of amides is 1. The fraction of sp³-hybridized carbons (Fsp3) is 0.0714. The van der Waals surface area contributed by atoms with Crippen LogP contribution in [0.25, 0.3) is 0 Å². The van der Waals surface area contributed by atoms with Crippen LogP contribution in [0.3, 0.4) is 0 Å². The first-order valence-electron chi connectivity index (χ1n) is 5.83. The molecule has 102 valence electrons. The summed E-state index contributed by atoms with van der Waals surface area (Å²) < 4.78 is 0. The van der Waals surface area contributed by atoms with Crippen molar-refractivity contribution in [2.45, 2.75) is 6.42 Å². The number of carbonyl (C=O) groups is 2. The molecule has 0 spiro atoms. The standard InChI is InChI=1S/C14H12N2O3S/c17-13(8-11-5-3-7-20-11)16-15-9-10-4-1-2-6-12(10)14(18)19/h1-7,9H,8H2,(H,16,17)(H,18,19)/b15-9-. The van der Waals surface area contributed by atoms with E-state index in [0.29, 0.717) is 5.56 Å². The van der Waals surface area contributed by atoms with Crippen LogP contribution in [0.1, 0.15) is 20.8 Å². The second-order valence-electron chi connectivity index (χ2n) is 3.94. The number of hydrazone groups is 1. The largest absolute Gasteiger partial charge is 0.478 e. The molecule has 0 unspecified atom stereocenters. The molecule has 0 aliphatic carbocycles. The van der Waals surface area contributed by atoms with Crippen molar-refractivity contribution in [3.63, 3.8) is 0 Å². The maximum atomic E-state index is 11.6. The van der Waals surface area contributed by atoms with E-state index in [9.17, 15) is 9.59 Å². The van der Waals surface area contributed by atoms with Gasteiger partial charge in [0.2, 0.25) is 5.91 Å². The maximum absolute atomic E-state index is 11.6. The zero-order valence-electron chi connectivity index (χ0n) is 10.4. The molecule has 1 heterocycles. The van der Waals surface area contributed by atoms with Crippen molar-refractivity contribution < 1.29 is 14.7 Å². The summed E-state index contributed by atoms with van der Waals surface area (Å²) in [5.41, 5.74) is 2.96. The molecule has 1 aromatic heterocycles. The number of carboxylic acids is 1. The molecule has 0 atom stereocenters. The van der Waals surface area contributed by atoms with Gasteiger partial charge in [0.25, 0.3) is 0 Å². The molecule has 0 radical (unpaired) electrons. The van der Waals surface area contributed by atoms with E-state index in [2.05, 4.69) is 10.5 Å². The van der Waals surface area contributed by atoms with E-state index in [0.717, 1.165) is 4.88 Å². The minimum atomic E-state index is -1.03. The summed E-state index contributed by atoms with van der Waals surface area (Å²) in [4.78, 5) is 23.5. The minimum Gasteiger partial charge on any atom is -0.478 e.